The number of esters is 1. The van der Waals surface area contributed by atoms with Crippen molar-refractivity contribution in [1.29, 1.82) is 0 Å². The van der Waals surface area contributed by atoms with Gasteiger partial charge in [-0.25, -0.2) is 0 Å². The molecule has 5 heteroatoms. The Morgan fingerprint density at radius 2 is 1.71 bits per heavy atom. The first kappa shape index (κ1) is 15.1. The van der Waals surface area contributed by atoms with Crippen molar-refractivity contribution in [1.82, 2.24) is 4.90 Å². The van der Waals surface area contributed by atoms with Crippen LogP contribution in [0.3, 0.4) is 0 Å². The molecule has 0 spiro atoms. The van der Waals surface area contributed by atoms with Crippen LogP contribution >= 0.6 is 0 Å². The molecule has 1 aromatic rings. The van der Waals surface area contributed by atoms with Crippen molar-refractivity contribution in [3.8, 4) is 0 Å². The van der Waals surface area contributed by atoms with Crippen molar-refractivity contribution >= 4 is 17.8 Å². The number of carbonyl (C=O) groups excluding carboxylic acids is 3. The van der Waals surface area contributed by atoms with Gasteiger partial charge in [-0.05, 0) is 23.8 Å². The second-order valence-corrected chi connectivity index (χ2v) is 6.75. The van der Waals surface area contributed by atoms with E-state index in [1.54, 1.807) is 0 Å². The molecule has 3 aliphatic rings. The maximum Gasteiger partial charge on any atom is 0.307 e. The number of methoxy groups -OCH3 is 1. The summed E-state index contributed by atoms with van der Waals surface area (Å²) >= 11 is 0. The Hall–Kier alpha value is -2.43. The zero-order chi connectivity index (χ0) is 16.8. The summed E-state index contributed by atoms with van der Waals surface area (Å²) in [5.41, 5.74) is 0.782. The average molecular weight is 325 g/mol. The normalized spacial score (nSPS) is 31.5. The highest BCUT2D eigenvalue weighted by Gasteiger charge is 2.60. The van der Waals surface area contributed by atoms with Gasteiger partial charge in [0.25, 0.3) is 0 Å². The molecule has 1 aromatic carbocycles. The van der Waals surface area contributed by atoms with Crippen LogP contribution in [0.5, 0.6) is 0 Å². The summed E-state index contributed by atoms with van der Waals surface area (Å²) in [6.07, 6.45) is 5.02. The van der Waals surface area contributed by atoms with E-state index in [4.69, 9.17) is 4.74 Å². The fourth-order valence-corrected chi connectivity index (χ4v) is 4.51. The Balaban J connectivity index is 1.70. The molecule has 0 aromatic heterocycles. The molecule has 2 fully saturated rings. The van der Waals surface area contributed by atoms with E-state index >= 15 is 0 Å². The number of benzene rings is 1. The second kappa shape index (κ2) is 5.58. The van der Waals surface area contributed by atoms with E-state index in [9.17, 15) is 14.4 Å². The first-order valence-corrected chi connectivity index (χ1v) is 8.29. The van der Waals surface area contributed by atoms with Gasteiger partial charge in [-0.2, -0.15) is 0 Å². The number of rotatable bonds is 4. The Labute approximate surface area is 140 Å². The molecule has 1 saturated heterocycles. The lowest BCUT2D eigenvalue weighted by atomic mass is 9.85. The molecule has 1 heterocycles. The molecular weight excluding hydrogens is 306 g/mol. The first-order valence-electron chi connectivity index (χ1n) is 8.29. The van der Waals surface area contributed by atoms with Crippen LogP contribution in [-0.2, 0) is 19.1 Å². The van der Waals surface area contributed by atoms with Gasteiger partial charge >= 0.3 is 5.97 Å². The average Bonchev–Trinajstić information content (AvgIpc) is 3.28. The number of allylic oxidation sites excluding steroid dienone is 2. The van der Waals surface area contributed by atoms with Crippen LogP contribution < -0.4 is 0 Å². The summed E-state index contributed by atoms with van der Waals surface area (Å²) in [6, 6.07) is 8.65. The Morgan fingerprint density at radius 1 is 1.12 bits per heavy atom. The number of carbonyl (C=O) groups is 3. The van der Waals surface area contributed by atoms with Crippen LogP contribution in [0.4, 0.5) is 0 Å². The lowest BCUT2D eigenvalue weighted by molar-refractivity contribution is -0.147. The summed E-state index contributed by atoms with van der Waals surface area (Å²) in [6.45, 7) is 0. The predicted molar refractivity (Wildman–Crippen MR) is 85.4 cm³/mol. The van der Waals surface area contributed by atoms with E-state index in [1.807, 2.05) is 30.3 Å². The Kier molecular flexibility index (Phi) is 3.52. The number of likely N-dealkylation sites (tertiary alicyclic amines) is 1. The van der Waals surface area contributed by atoms with Crippen LogP contribution in [0.2, 0.25) is 0 Å². The quantitative estimate of drug-likeness (QED) is 0.483. The first-order chi connectivity index (χ1) is 11.6. The largest absolute Gasteiger partial charge is 0.469 e. The Morgan fingerprint density at radius 3 is 2.25 bits per heavy atom. The van der Waals surface area contributed by atoms with Crippen molar-refractivity contribution in [3.63, 3.8) is 0 Å². The van der Waals surface area contributed by atoms with Gasteiger partial charge in [-0.15, -0.1) is 0 Å². The number of hydrogen-bond acceptors (Lipinski definition) is 4. The zero-order valence-corrected chi connectivity index (χ0v) is 13.4. The third kappa shape index (κ3) is 2.11. The second-order valence-electron chi connectivity index (χ2n) is 6.75. The van der Waals surface area contributed by atoms with Crippen LogP contribution in [0.1, 0.15) is 24.4 Å². The molecule has 4 rings (SSSR count). The lowest BCUT2D eigenvalue weighted by Gasteiger charge is -2.27. The maximum atomic E-state index is 13.0. The van der Waals surface area contributed by atoms with Crippen molar-refractivity contribution < 1.29 is 19.1 Å². The molecule has 24 heavy (non-hydrogen) atoms. The van der Waals surface area contributed by atoms with Crippen LogP contribution in [0.15, 0.2) is 42.5 Å². The van der Waals surface area contributed by atoms with E-state index in [-0.39, 0.29) is 41.9 Å². The van der Waals surface area contributed by atoms with Gasteiger partial charge in [0.05, 0.1) is 31.4 Å². The maximum absolute atomic E-state index is 13.0. The fourth-order valence-electron chi connectivity index (χ4n) is 4.51. The van der Waals surface area contributed by atoms with Crippen molar-refractivity contribution in [2.75, 3.05) is 7.11 Å². The van der Waals surface area contributed by atoms with Crippen LogP contribution in [-0.4, -0.2) is 29.8 Å². The monoisotopic (exact) mass is 325 g/mol. The molecule has 124 valence electrons. The van der Waals surface area contributed by atoms with Gasteiger partial charge in [-0.3, -0.25) is 19.3 Å². The minimum absolute atomic E-state index is 0.0137. The predicted octanol–water partition coefficient (Wildman–Crippen LogP) is 2.10. The van der Waals surface area contributed by atoms with E-state index < -0.39 is 12.0 Å². The summed E-state index contributed by atoms with van der Waals surface area (Å²) < 4.78 is 4.78. The van der Waals surface area contributed by atoms with Gasteiger partial charge in [0.1, 0.15) is 0 Å². The van der Waals surface area contributed by atoms with Crippen LogP contribution in [0, 0.1) is 23.7 Å². The highest BCUT2D eigenvalue weighted by atomic mass is 16.5. The van der Waals surface area contributed by atoms with Crippen LogP contribution in [0.25, 0.3) is 0 Å². The zero-order valence-electron chi connectivity index (χ0n) is 13.4. The molecule has 0 radical (unpaired) electrons. The van der Waals surface area contributed by atoms with E-state index in [0.717, 1.165) is 12.0 Å². The topological polar surface area (TPSA) is 63.7 Å². The fraction of sp³-hybridized carbons (Fsp3) is 0.421. The number of nitrogens with zero attached hydrogens (tertiary/aromatic N) is 1. The highest BCUT2D eigenvalue weighted by Crippen LogP contribution is 2.54. The van der Waals surface area contributed by atoms with Crippen molar-refractivity contribution in [2.24, 2.45) is 23.7 Å². The standard InChI is InChI=1S/C19H19NO4/c1-24-15(21)10-14(11-5-3-2-4-6-11)20-18(22)16-12-7-8-13(9-12)17(16)19(20)23/h2-8,12-14,16-17H,9-10H2,1H3. The molecule has 2 aliphatic carbocycles. The molecular formula is C19H19NO4. The van der Waals surface area contributed by atoms with E-state index in [0.29, 0.717) is 0 Å². The van der Waals surface area contributed by atoms with E-state index in [1.165, 1.54) is 12.0 Å². The van der Waals surface area contributed by atoms with Gasteiger partial charge in [0.2, 0.25) is 11.8 Å². The van der Waals surface area contributed by atoms with Gasteiger partial charge < -0.3 is 4.74 Å². The summed E-state index contributed by atoms with van der Waals surface area (Å²) in [4.78, 5) is 39.2. The summed E-state index contributed by atoms with van der Waals surface area (Å²) in [5.74, 6) is -0.887. The van der Waals surface area contributed by atoms with Crippen molar-refractivity contribution in [2.45, 2.75) is 18.9 Å². The van der Waals surface area contributed by atoms with Crippen molar-refractivity contribution in [3.05, 3.63) is 48.0 Å². The molecule has 2 amide bonds. The summed E-state index contributed by atoms with van der Waals surface area (Å²) in [7, 11) is 1.32. The minimum Gasteiger partial charge on any atom is -0.469 e. The Bertz CT molecular complexity index is 696. The third-order valence-corrected chi connectivity index (χ3v) is 5.59. The third-order valence-electron chi connectivity index (χ3n) is 5.59. The highest BCUT2D eigenvalue weighted by molar-refractivity contribution is 6.07. The molecule has 1 aliphatic heterocycles. The number of amides is 2. The molecule has 5 atom stereocenters. The molecule has 5 nitrogen and oxygen atoms in total. The number of fused-ring (bicyclic) bond motifs is 5. The minimum atomic E-state index is -0.594. The SMILES string of the molecule is COC(=O)CC(c1ccccc1)N1C(=O)C2C3C=CC(C3)C2C1=O. The molecule has 0 N–H and O–H groups in total. The van der Waals surface area contributed by atoms with E-state index in [2.05, 4.69) is 12.2 Å². The van der Waals surface area contributed by atoms with Gasteiger partial charge in [0, 0.05) is 0 Å². The number of ether oxygens (including phenoxy) is 1. The van der Waals surface area contributed by atoms with Gasteiger partial charge in [0.15, 0.2) is 0 Å². The summed E-state index contributed by atoms with van der Waals surface area (Å²) in [5, 5.41) is 0. The number of hydrogen-bond donors (Lipinski definition) is 0. The lowest BCUT2D eigenvalue weighted by Crippen LogP contribution is -2.37. The van der Waals surface area contributed by atoms with Gasteiger partial charge in [-0.1, -0.05) is 42.5 Å². The molecule has 2 bridgehead atoms. The smallest absolute Gasteiger partial charge is 0.307 e. The molecule has 5 unspecified atom stereocenters. The molecule has 1 saturated carbocycles. The number of imide groups is 1.